The van der Waals surface area contributed by atoms with Gasteiger partial charge in [0, 0.05) is 40.5 Å². The number of hydrogen-bond acceptors (Lipinski definition) is 4. The van der Waals surface area contributed by atoms with Gasteiger partial charge in [-0.3, -0.25) is 4.98 Å². The normalized spacial score (nSPS) is 12.7. The van der Waals surface area contributed by atoms with Crippen LogP contribution < -0.4 is 4.74 Å². The number of nitrogens with zero attached hydrogens (tertiary/aromatic N) is 2. The van der Waals surface area contributed by atoms with Gasteiger partial charge < -0.3 is 9.84 Å². The highest BCUT2D eigenvalue weighted by atomic mass is 19.4. The molecule has 2 aromatic carbocycles. The van der Waals surface area contributed by atoms with Crippen molar-refractivity contribution >= 4 is 10.9 Å². The molecular formula is C25H17F7N2O2. The highest BCUT2D eigenvalue weighted by Crippen LogP contribution is 2.42. The minimum Gasteiger partial charge on any atom is -0.505 e. The third-order valence-corrected chi connectivity index (χ3v) is 5.53. The van der Waals surface area contributed by atoms with Crippen LogP contribution in [0.4, 0.5) is 30.7 Å². The van der Waals surface area contributed by atoms with E-state index in [1.165, 1.54) is 30.6 Å². The van der Waals surface area contributed by atoms with Crippen LogP contribution in [0.1, 0.15) is 28.3 Å². The van der Waals surface area contributed by atoms with Crippen molar-refractivity contribution in [1.82, 2.24) is 9.97 Å². The monoisotopic (exact) mass is 510 g/mol. The molecule has 1 unspecified atom stereocenters. The fourth-order valence-electron chi connectivity index (χ4n) is 3.91. The molecule has 0 aliphatic rings. The molecule has 2 heterocycles. The molecule has 36 heavy (non-hydrogen) atoms. The number of hydrogen-bond donors (Lipinski definition) is 1. The van der Waals surface area contributed by atoms with Gasteiger partial charge in [0.05, 0.1) is 0 Å². The molecule has 0 spiro atoms. The zero-order chi connectivity index (χ0) is 26.2. The third-order valence-electron chi connectivity index (χ3n) is 5.53. The Morgan fingerprint density at radius 1 is 0.944 bits per heavy atom. The largest absolute Gasteiger partial charge is 0.505 e. The van der Waals surface area contributed by atoms with Gasteiger partial charge in [-0.2, -0.15) is 22.0 Å². The van der Waals surface area contributed by atoms with E-state index in [1.54, 1.807) is 25.1 Å². The van der Waals surface area contributed by atoms with Gasteiger partial charge in [0.2, 0.25) is 11.6 Å². The first-order chi connectivity index (χ1) is 17.0. The number of benzene rings is 2. The Hall–Kier alpha value is -3.89. The molecule has 4 aromatic rings. The number of aryl methyl sites for hydroxylation is 1. The summed E-state index contributed by atoms with van der Waals surface area (Å²) >= 11 is 0. The number of rotatable bonds is 6. The van der Waals surface area contributed by atoms with Crippen molar-refractivity contribution in [3.05, 3.63) is 94.4 Å². The number of aromatic hydroxyl groups is 1. The van der Waals surface area contributed by atoms with E-state index >= 15 is 8.78 Å². The summed E-state index contributed by atoms with van der Waals surface area (Å²) in [5.74, 6) is -12.0. The summed E-state index contributed by atoms with van der Waals surface area (Å²) in [5.41, 5.74) is -0.216. The zero-order valence-corrected chi connectivity index (χ0v) is 18.5. The predicted molar refractivity (Wildman–Crippen MR) is 116 cm³/mol. The Balaban J connectivity index is 1.93. The highest BCUT2D eigenvalue weighted by Gasteiger charge is 2.36. The summed E-state index contributed by atoms with van der Waals surface area (Å²) in [6.45, 7) is -0.503. The fourth-order valence-corrected chi connectivity index (χ4v) is 3.91. The number of aromatic nitrogens is 2. The Kier molecular flexibility index (Phi) is 6.75. The van der Waals surface area contributed by atoms with Gasteiger partial charge in [0.1, 0.15) is 11.3 Å². The summed E-state index contributed by atoms with van der Waals surface area (Å²) in [6.07, 6.45) is -2.48. The molecule has 0 aliphatic heterocycles. The molecule has 4 rings (SSSR count). The topological polar surface area (TPSA) is 55.2 Å². The smallest absolute Gasteiger partial charge is 0.422 e. The van der Waals surface area contributed by atoms with Crippen LogP contribution in [0.2, 0.25) is 0 Å². The van der Waals surface area contributed by atoms with Crippen molar-refractivity contribution < 1.29 is 40.6 Å². The molecule has 188 valence electrons. The second-order valence-electron chi connectivity index (χ2n) is 8.05. The van der Waals surface area contributed by atoms with Gasteiger partial charge in [0.25, 0.3) is 0 Å². The van der Waals surface area contributed by atoms with Crippen LogP contribution in [0.5, 0.6) is 11.5 Å². The lowest BCUT2D eigenvalue weighted by Gasteiger charge is -2.23. The summed E-state index contributed by atoms with van der Waals surface area (Å²) in [4.78, 5) is 8.15. The first kappa shape index (κ1) is 25.2. The van der Waals surface area contributed by atoms with E-state index in [4.69, 9.17) is 0 Å². The minimum absolute atomic E-state index is 0.0931. The van der Waals surface area contributed by atoms with E-state index in [9.17, 15) is 27.1 Å². The molecule has 1 atom stereocenters. The molecule has 0 bridgehead atoms. The lowest BCUT2D eigenvalue weighted by atomic mass is 9.84. The molecule has 4 nitrogen and oxygen atoms in total. The number of alkyl halides is 3. The van der Waals surface area contributed by atoms with Crippen molar-refractivity contribution in [1.29, 1.82) is 0 Å². The summed E-state index contributed by atoms with van der Waals surface area (Å²) in [5, 5.41) is 11.5. The van der Waals surface area contributed by atoms with E-state index in [-0.39, 0.29) is 17.5 Å². The number of halogens is 7. The average molecular weight is 510 g/mol. The first-order valence-corrected chi connectivity index (χ1v) is 10.5. The number of fused-ring (bicyclic) bond motifs is 1. The average Bonchev–Trinajstić information content (AvgIpc) is 2.83. The van der Waals surface area contributed by atoms with Gasteiger partial charge in [0.15, 0.2) is 24.0 Å². The van der Waals surface area contributed by atoms with Gasteiger partial charge in [-0.25, -0.2) is 13.8 Å². The quantitative estimate of drug-likeness (QED) is 0.237. The van der Waals surface area contributed by atoms with Crippen LogP contribution in [0.3, 0.4) is 0 Å². The van der Waals surface area contributed by atoms with Gasteiger partial charge >= 0.3 is 6.18 Å². The predicted octanol–water partition coefficient (Wildman–Crippen LogP) is 6.52. The molecular weight excluding hydrogens is 493 g/mol. The molecule has 11 heteroatoms. The Labute approximate surface area is 200 Å². The highest BCUT2D eigenvalue weighted by molar-refractivity contribution is 5.86. The fraction of sp³-hybridized carbons (Fsp3) is 0.200. The van der Waals surface area contributed by atoms with E-state index in [0.29, 0.717) is 16.6 Å². The maximum absolute atomic E-state index is 15.2. The molecule has 0 saturated carbocycles. The first-order valence-electron chi connectivity index (χ1n) is 10.5. The standard InChI is InChI=1S/C25H17F7N2O2/c1-12-4-5-14-6-7-15(23(35)22(14)34-12)16(9-13-3-2-8-33-10-13)17-18(26)20(28)24(21(29)19(17)27)36-11-25(30,31)32/h2-8,10,16,35H,9,11H2,1H3. The molecule has 0 amide bonds. The van der Waals surface area contributed by atoms with Gasteiger partial charge in [-0.1, -0.05) is 24.3 Å². The van der Waals surface area contributed by atoms with Crippen LogP contribution in [0, 0.1) is 30.2 Å². The molecule has 0 radical (unpaired) electrons. The Morgan fingerprint density at radius 2 is 1.61 bits per heavy atom. The van der Waals surface area contributed by atoms with Crippen LogP contribution in [-0.4, -0.2) is 27.9 Å². The minimum atomic E-state index is -5.00. The summed E-state index contributed by atoms with van der Waals surface area (Å²) in [7, 11) is 0. The lowest BCUT2D eigenvalue weighted by molar-refractivity contribution is -0.154. The van der Waals surface area contributed by atoms with Gasteiger partial charge in [-0.15, -0.1) is 0 Å². The van der Waals surface area contributed by atoms with E-state index in [2.05, 4.69) is 14.7 Å². The number of ether oxygens (including phenoxy) is 1. The van der Waals surface area contributed by atoms with E-state index in [1.807, 2.05) is 0 Å². The molecule has 0 fully saturated rings. The maximum Gasteiger partial charge on any atom is 0.422 e. The van der Waals surface area contributed by atoms with Gasteiger partial charge in [-0.05, 0) is 31.0 Å². The number of phenols is 1. The van der Waals surface area contributed by atoms with Crippen molar-refractivity contribution in [2.75, 3.05) is 6.61 Å². The van der Waals surface area contributed by atoms with E-state index in [0.717, 1.165) is 0 Å². The zero-order valence-electron chi connectivity index (χ0n) is 18.5. The van der Waals surface area contributed by atoms with Crippen molar-refractivity contribution in [3.8, 4) is 11.5 Å². The molecule has 2 aromatic heterocycles. The number of phenolic OH excluding ortho intramolecular Hbond substituents is 1. The maximum atomic E-state index is 15.2. The van der Waals surface area contributed by atoms with Crippen LogP contribution >= 0.6 is 0 Å². The SMILES string of the molecule is Cc1ccc2ccc(C(Cc3cccnc3)c3c(F)c(F)c(OCC(F)(F)F)c(F)c3F)c(O)c2n1. The van der Waals surface area contributed by atoms with Crippen LogP contribution in [-0.2, 0) is 6.42 Å². The van der Waals surface area contributed by atoms with Crippen LogP contribution in [0.25, 0.3) is 10.9 Å². The third kappa shape index (κ3) is 4.91. The van der Waals surface area contributed by atoms with E-state index < -0.39 is 59.0 Å². The number of pyridine rings is 2. The molecule has 0 saturated heterocycles. The summed E-state index contributed by atoms with van der Waals surface area (Å²) < 4.78 is 101. The Bertz CT molecular complexity index is 1400. The second-order valence-corrected chi connectivity index (χ2v) is 8.05. The van der Waals surface area contributed by atoms with Crippen molar-refractivity contribution in [2.24, 2.45) is 0 Å². The lowest BCUT2D eigenvalue weighted by Crippen LogP contribution is -2.22. The molecule has 0 aliphatic carbocycles. The summed E-state index contributed by atoms with van der Waals surface area (Å²) in [6, 6.07) is 9.25. The van der Waals surface area contributed by atoms with Crippen molar-refractivity contribution in [2.45, 2.75) is 25.4 Å². The second kappa shape index (κ2) is 9.63. The van der Waals surface area contributed by atoms with Crippen molar-refractivity contribution in [3.63, 3.8) is 0 Å². The Morgan fingerprint density at radius 3 is 2.22 bits per heavy atom. The van der Waals surface area contributed by atoms with Crippen LogP contribution in [0.15, 0.2) is 48.8 Å². The molecule has 1 N–H and O–H groups in total.